The number of benzene rings is 2. The third kappa shape index (κ3) is 6.86. The number of anilines is 1. The number of rotatable bonds is 8. The molecule has 0 spiro atoms. The van der Waals surface area contributed by atoms with Gasteiger partial charge in [0.1, 0.15) is 10.0 Å². The number of hydrogen-bond donors (Lipinski definition) is 1. The minimum absolute atomic E-state index is 0.0283. The van der Waals surface area contributed by atoms with Crippen LogP contribution in [0.2, 0.25) is 0 Å². The normalized spacial score (nSPS) is 14.4. The van der Waals surface area contributed by atoms with Crippen molar-refractivity contribution in [3.8, 4) is 16.3 Å². The van der Waals surface area contributed by atoms with Crippen molar-refractivity contribution in [2.24, 2.45) is 0 Å². The Morgan fingerprint density at radius 3 is 2.61 bits per heavy atom. The predicted octanol–water partition coefficient (Wildman–Crippen LogP) is 4.11. The van der Waals surface area contributed by atoms with E-state index in [0.29, 0.717) is 36.3 Å². The average molecular weight is 521 g/mol. The lowest BCUT2D eigenvalue weighted by molar-refractivity contribution is -0.274. The van der Waals surface area contributed by atoms with Crippen LogP contribution in [0.3, 0.4) is 0 Å². The molecule has 0 saturated carbocycles. The van der Waals surface area contributed by atoms with Gasteiger partial charge in [0.25, 0.3) is 0 Å². The van der Waals surface area contributed by atoms with Gasteiger partial charge in [-0.3, -0.25) is 14.5 Å². The molecule has 0 atom stereocenters. The number of alkyl halides is 3. The summed E-state index contributed by atoms with van der Waals surface area (Å²) in [6.07, 6.45) is -5.06. The average Bonchev–Trinajstić information content (AvgIpc) is 3.28. The first-order valence-corrected chi connectivity index (χ1v) is 11.9. The second kappa shape index (κ2) is 11.1. The van der Waals surface area contributed by atoms with E-state index >= 15 is 0 Å². The van der Waals surface area contributed by atoms with Gasteiger partial charge in [-0.05, 0) is 30.7 Å². The van der Waals surface area contributed by atoms with Crippen LogP contribution >= 0.6 is 11.3 Å². The zero-order valence-electron chi connectivity index (χ0n) is 19.3. The molecule has 0 unspecified atom stereocenters. The summed E-state index contributed by atoms with van der Waals surface area (Å²) in [4.78, 5) is 27.2. The topological polar surface area (TPSA) is 93.7 Å². The zero-order valence-corrected chi connectivity index (χ0v) is 20.1. The lowest BCUT2D eigenvalue weighted by atomic mass is 10.1. The highest BCUT2D eigenvalue weighted by molar-refractivity contribution is 7.14. The molecule has 1 fully saturated rings. The molecular weight excluding hydrogens is 497 g/mol. The highest BCUT2D eigenvalue weighted by Gasteiger charge is 2.32. The number of carbonyl (C=O) groups is 2. The lowest BCUT2D eigenvalue weighted by Gasteiger charge is -2.26. The monoisotopic (exact) mass is 520 g/mol. The summed E-state index contributed by atoms with van der Waals surface area (Å²) in [5, 5.41) is 11.8. The first kappa shape index (κ1) is 25.7. The number of halogens is 3. The predicted molar refractivity (Wildman–Crippen MR) is 127 cm³/mol. The number of aromatic nitrogens is 2. The van der Waals surface area contributed by atoms with Gasteiger partial charge in [-0.15, -0.1) is 23.4 Å². The van der Waals surface area contributed by atoms with Crippen LogP contribution in [0.25, 0.3) is 10.6 Å². The Balaban J connectivity index is 1.50. The molecule has 12 heteroatoms. The van der Waals surface area contributed by atoms with Crippen LogP contribution in [0, 0.1) is 6.92 Å². The fraction of sp³-hybridized carbons (Fsp3) is 0.333. The Kier molecular flexibility index (Phi) is 7.97. The maximum Gasteiger partial charge on any atom is 0.573 e. The molecule has 1 N–H and O–H groups in total. The van der Waals surface area contributed by atoms with Gasteiger partial charge in [-0.25, -0.2) is 0 Å². The first-order chi connectivity index (χ1) is 17.2. The Hall–Kier alpha value is -3.35. The van der Waals surface area contributed by atoms with E-state index in [2.05, 4.69) is 20.3 Å². The molecule has 36 heavy (non-hydrogen) atoms. The van der Waals surface area contributed by atoms with Gasteiger partial charge in [0.2, 0.25) is 5.91 Å². The van der Waals surface area contributed by atoms with Gasteiger partial charge in [0.05, 0.1) is 31.9 Å². The molecule has 1 aliphatic heterocycles. The van der Waals surface area contributed by atoms with Crippen molar-refractivity contribution in [3.63, 3.8) is 0 Å². The summed E-state index contributed by atoms with van der Waals surface area (Å²) >= 11 is 1.27. The highest BCUT2D eigenvalue weighted by atomic mass is 32.1. The SMILES string of the molecule is Cc1ccccc1-c1nnc(CC(=O)c2ccc(OC(F)(F)F)c(NC(=O)CN3CCOCC3)c2)s1. The van der Waals surface area contributed by atoms with Crippen molar-refractivity contribution in [2.45, 2.75) is 19.7 Å². The van der Waals surface area contributed by atoms with Crippen molar-refractivity contribution in [2.75, 3.05) is 38.2 Å². The second-order valence-electron chi connectivity index (χ2n) is 8.11. The standard InChI is InChI=1S/C24H23F3N4O4S/c1-15-4-2-3-5-17(15)23-30-29-22(36-23)13-19(32)16-6-7-20(35-24(25,26)27)18(12-16)28-21(33)14-31-8-10-34-11-9-31/h2-7,12H,8-11,13-14H2,1H3,(H,28,33). The largest absolute Gasteiger partial charge is 0.573 e. The van der Waals surface area contributed by atoms with Crippen molar-refractivity contribution in [1.29, 1.82) is 0 Å². The number of nitrogens with zero attached hydrogens (tertiary/aromatic N) is 3. The lowest BCUT2D eigenvalue weighted by Crippen LogP contribution is -2.41. The number of hydrogen-bond acceptors (Lipinski definition) is 8. The van der Waals surface area contributed by atoms with Crippen LogP contribution in [0.4, 0.5) is 18.9 Å². The molecule has 4 rings (SSSR count). The van der Waals surface area contributed by atoms with Crippen LogP contribution in [0.1, 0.15) is 20.9 Å². The molecule has 8 nitrogen and oxygen atoms in total. The van der Waals surface area contributed by atoms with Gasteiger partial charge in [0.15, 0.2) is 11.5 Å². The Morgan fingerprint density at radius 2 is 1.89 bits per heavy atom. The molecule has 1 saturated heterocycles. The summed E-state index contributed by atoms with van der Waals surface area (Å²) in [5.41, 5.74) is 1.80. The van der Waals surface area contributed by atoms with E-state index in [1.54, 1.807) is 0 Å². The number of ether oxygens (including phenoxy) is 2. The van der Waals surface area contributed by atoms with Crippen molar-refractivity contribution < 1.29 is 32.2 Å². The molecule has 0 radical (unpaired) electrons. The van der Waals surface area contributed by atoms with Crippen LogP contribution in [-0.2, 0) is 16.0 Å². The number of amides is 1. The third-order valence-electron chi connectivity index (χ3n) is 5.43. The smallest absolute Gasteiger partial charge is 0.404 e. The molecule has 190 valence electrons. The molecule has 2 heterocycles. The zero-order chi connectivity index (χ0) is 25.7. The molecule has 1 amide bonds. The summed E-state index contributed by atoms with van der Waals surface area (Å²) in [6, 6.07) is 11.1. The molecule has 2 aromatic carbocycles. The third-order valence-corrected chi connectivity index (χ3v) is 6.38. The van der Waals surface area contributed by atoms with E-state index in [-0.39, 0.29) is 30.0 Å². The fourth-order valence-corrected chi connectivity index (χ4v) is 4.58. The molecule has 0 aliphatic carbocycles. The summed E-state index contributed by atoms with van der Waals surface area (Å²) < 4.78 is 48.0. The van der Waals surface area contributed by atoms with E-state index in [1.807, 2.05) is 36.1 Å². The second-order valence-corrected chi connectivity index (χ2v) is 9.17. The number of aryl methyl sites for hydroxylation is 1. The van der Waals surface area contributed by atoms with Gasteiger partial charge < -0.3 is 14.8 Å². The van der Waals surface area contributed by atoms with E-state index in [0.717, 1.165) is 17.2 Å². The van der Waals surface area contributed by atoms with Crippen LogP contribution in [0.15, 0.2) is 42.5 Å². The minimum Gasteiger partial charge on any atom is -0.404 e. The van der Waals surface area contributed by atoms with Gasteiger partial charge in [-0.2, -0.15) is 0 Å². The number of ketones is 1. The quantitative estimate of drug-likeness (QED) is 0.447. The maximum atomic E-state index is 12.9. The maximum absolute atomic E-state index is 12.9. The van der Waals surface area contributed by atoms with Crippen molar-refractivity contribution in [1.82, 2.24) is 15.1 Å². The summed E-state index contributed by atoms with van der Waals surface area (Å²) in [7, 11) is 0. The van der Waals surface area contributed by atoms with Crippen molar-refractivity contribution in [3.05, 3.63) is 58.6 Å². The Morgan fingerprint density at radius 1 is 1.14 bits per heavy atom. The summed E-state index contributed by atoms with van der Waals surface area (Å²) in [5.74, 6) is -1.52. The van der Waals surface area contributed by atoms with Crippen molar-refractivity contribution >= 4 is 28.7 Å². The Bertz CT molecular complexity index is 1240. The molecule has 0 bridgehead atoms. The van der Waals surface area contributed by atoms with E-state index < -0.39 is 18.0 Å². The van der Waals surface area contributed by atoms with Crippen LogP contribution < -0.4 is 10.1 Å². The fourth-order valence-electron chi connectivity index (χ4n) is 3.65. The molecular formula is C24H23F3N4O4S. The molecule has 1 aliphatic rings. The van der Waals surface area contributed by atoms with Crippen LogP contribution in [-0.4, -0.2) is 66.0 Å². The number of nitrogens with one attached hydrogen (secondary N) is 1. The van der Waals surface area contributed by atoms with E-state index in [9.17, 15) is 22.8 Å². The number of carbonyl (C=O) groups excluding carboxylic acids is 2. The van der Waals surface area contributed by atoms with Crippen LogP contribution in [0.5, 0.6) is 5.75 Å². The number of morpholine rings is 1. The van der Waals surface area contributed by atoms with Gasteiger partial charge in [-0.1, -0.05) is 35.6 Å². The van der Waals surface area contributed by atoms with Gasteiger partial charge in [0, 0.05) is 24.2 Å². The highest BCUT2D eigenvalue weighted by Crippen LogP contribution is 2.32. The number of Topliss-reactive ketones (excluding diaryl/α,β-unsaturated/α-hetero) is 1. The Labute approximate surface area is 209 Å². The first-order valence-electron chi connectivity index (χ1n) is 11.1. The molecule has 1 aromatic heterocycles. The van der Waals surface area contributed by atoms with E-state index in [1.165, 1.54) is 23.5 Å². The van der Waals surface area contributed by atoms with E-state index in [4.69, 9.17) is 4.74 Å². The minimum atomic E-state index is -4.96. The molecule has 3 aromatic rings. The van der Waals surface area contributed by atoms with Gasteiger partial charge >= 0.3 is 6.36 Å². The summed E-state index contributed by atoms with van der Waals surface area (Å²) in [6.45, 7) is 3.92.